The first-order valence-electron chi connectivity index (χ1n) is 5.57. The Kier molecular flexibility index (Phi) is 3.88. The number of ether oxygens (including phenoxy) is 1. The summed E-state index contributed by atoms with van der Waals surface area (Å²) in [6.45, 7) is 1.83. The van der Waals surface area contributed by atoms with Crippen molar-refractivity contribution < 1.29 is 14.3 Å². The number of carbonyl (C=O) groups excluding carboxylic acids is 2. The van der Waals surface area contributed by atoms with E-state index in [1.54, 1.807) is 37.3 Å². The fraction of sp³-hybridized carbons (Fsp3) is 0.154. The maximum Gasteiger partial charge on any atom is 0.351 e. The predicted octanol–water partition coefficient (Wildman–Crippen LogP) is 2.28. The number of hydrogen-bond acceptors (Lipinski definition) is 6. The van der Waals surface area contributed by atoms with E-state index in [2.05, 4.69) is 5.32 Å². The van der Waals surface area contributed by atoms with Crippen LogP contribution in [0.1, 0.15) is 17.3 Å². The average Bonchev–Trinajstić information content (AvgIpc) is 2.40. The van der Waals surface area contributed by atoms with E-state index in [4.69, 9.17) is 10.00 Å². The Morgan fingerprint density at radius 3 is 2.89 bits per heavy atom. The number of esters is 1. The van der Waals surface area contributed by atoms with Crippen molar-refractivity contribution in [2.45, 2.75) is 6.92 Å². The van der Waals surface area contributed by atoms with Crippen LogP contribution in [-0.2, 0) is 9.53 Å². The van der Waals surface area contributed by atoms with Gasteiger partial charge in [-0.2, -0.15) is 5.26 Å². The number of nitriles is 1. The van der Waals surface area contributed by atoms with Crippen molar-refractivity contribution in [3.8, 4) is 6.07 Å². The number of thioether (sulfide) groups is 1. The third kappa shape index (κ3) is 2.61. The summed E-state index contributed by atoms with van der Waals surface area (Å²) in [5.41, 5.74) is 0.922. The van der Waals surface area contributed by atoms with E-state index in [0.717, 1.165) is 11.8 Å². The van der Waals surface area contributed by atoms with Gasteiger partial charge in [0.2, 0.25) is 5.12 Å². The molecule has 0 fully saturated rings. The molecule has 1 aliphatic heterocycles. The highest BCUT2D eigenvalue weighted by atomic mass is 32.2. The lowest BCUT2D eigenvalue weighted by molar-refractivity contribution is -0.138. The summed E-state index contributed by atoms with van der Waals surface area (Å²) in [6.07, 6.45) is 0. The summed E-state index contributed by atoms with van der Waals surface area (Å²) < 4.78 is 4.79. The lowest BCUT2D eigenvalue weighted by Gasteiger charge is -2.19. The Hall–Kier alpha value is -2.26. The fourth-order valence-electron chi connectivity index (χ4n) is 1.57. The zero-order valence-corrected chi connectivity index (χ0v) is 10.9. The van der Waals surface area contributed by atoms with Crippen LogP contribution in [0, 0.1) is 11.3 Å². The number of nitrogens with one attached hydrogen (secondary N) is 1. The van der Waals surface area contributed by atoms with E-state index >= 15 is 0 Å². The molecule has 1 N–H and O–H groups in total. The second-order valence-corrected chi connectivity index (χ2v) is 4.58. The molecule has 0 aromatic heterocycles. The summed E-state index contributed by atoms with van der Waals surface area (Å²) >= 11 is 0.822. The molecule has 19 heavy (non-hydrogen) atoms. The van der Waals surface area contributed by atoms with Gasteiger partial charge in [0.15, 0.2) is 5.57 Å². The molecule has 0 radical (unpaired) electrons. The first-order valence-corrected chi connectivity index (χ1v) is 6.38. The lowest BCUT2D eigenvalue weighted by atomic mass is 10.2. The molecule has 0 atom stereocenters. The largest absolute Gasteiger partial charge is 0.462 e. The van der Waals surface area contributed by atoms with Crippen molar-refractivity contribution in [2.75, 3.05) is 11.9 Å². The molecular formula is C13H10N2O3S. The minimum atomic E-state index is -0.729. The quantitative estimate of drug-likeness (QED) is 0.506. The highest BCUT2D eigenvalue weighted by molar-refractivity contribution is 8.17. The first kappa shape index (κ1) is 13.2. The number of nitrogens with zero attached hydrogens (tertiary/aromatic N) is 1. The van der Waals surface area contributed by atoms with Crippen LogP contribution in [0.5, 0.6) is 0 Å². The summed E-state index contributed by atoms with van der Waals surface area (Å²) in [4.78, 5) is 23.5. The van der Waals surface area contributed by atoms with Crippen LogP contribution in [-0.4, -0.2) is 17.7 Å². The molecule has 0 unspecified atom stereocenters. The summed E-state index contributed by atoms with van der Waals surface area (Å²) in [7, 11) is 0. The second kappa shape index (κ2) is 5.59. The average molecular weight is 274 g/mol. The van der Waals surface area contributed by atoms with Crippen molar-refractivity contribution in [3.05, 3.63) is 40.4 Å². The zero-order chi connectivity index (χ0) is 13.8. The van der Waals surface area contributed by atoms with E-state index in [1.807, 2.05) is 0 Å². The highest BCUT2D eigenvalue weighted by Crippen LogP contribution is 2.35. The predicted molar refractivity (Wildman–Crippen MR) is 71.3 cm³/mol. The maximum absolute atomic E-state index is 11.9. The van der Waals surface area contributed by atoms with Crippen LogP contribution < -0.4 is 5.32 Å². The molecule has 1 aromatic carbocycles. The van der Waals surface area contributed by atoms with Gasteiger partial charge in [0, 0.05) is 0 Å². The third-order valence-corrected chi connectivity index (χ3v) is 3.32. The molecule has 0 aliphatic carbocycles. The molecule has 0 saturated carbocycles. The van der Waals surface area contributed by atoms with Gasteiger partial charge in [0.1, 0.15) is 11.1 Å². The van der Waals surface area contributed by atoms with Gasteiger partial charge in [-0.1, -0.05) is 12.1 Å². The normalized spacial score (nSPS) is 15.9. The standard InChI is InChI=1S/C13H10N2O3S/c1-2-18-12(16)9(7-14)11-15-10-6-4-3-5-8(10)13(17)19-11/h3-6,15H,2H2,1H3. The zero-order valence-electron chi connectivity index (χ0n) is 10.1. The second-order valence-electron chi connectivity index (χ2n) is 3.60. The van der Waals surface area contributed by atoms with E-state index in [1.165, 1.54) is 0 Å². The van der Waals surface area contributed by atoms with Gasteiger partial charge in [-0.15, -0.1) is 0 Å². The van der Waals surface area contributed by atoms with Crippen LogP contribution in [0.15, 0.2) is 34.9 Å². The van der Waals surface area contributed by atoms with Crippen molar-refractivity contribution in [1.29, 1.82) is 5.26 Å². The van der Waals surface area contributed by atoms with Gasteiger partial charge in [0.05, 0.1) is 17.9 Å². The van der Waals surface area contributed by atoms with Crippen molar-refractivity contribution in [1.82, 2.24) is 0 Å². The van der Waals surface area contributed by atoms with Gasteiger partial charge in [-0.25, -0.2) is 4.79 Å². The van der Waals surface area contributed by atoms with Crippen LogP contribution in [0.4, 0.5) is 5.69 Å². The molecular weight excluding hydrogens is 264 g/mol. The van der Waals surface area contributed by atoms with Crippen molar-refractivity contribution >= 4 is 28.5 Å². The number of anilines is 1. The van der Waals surface area contributed by atoms with E-state index < -0.39 is 5.97 Å². The van der Waals surface area contributed by atoms with Gasteiger partial charge >= 0.3 is 5.97 Å². The number of benzene rings is 1. The Morgan fingerprint density at radius 2 is 2.21 bits per heavy atom. The van der Waals surface area contributed by atoms with Gasteiger partial charge in [-0.3, -0.25) is 4.79 Å². The summed E-state index contributed by atoms with van der Waals surface area (Å²) in [5.74, 6) is -0.729. The van der Waals surface area contributed by atoms with Gasteiger partial charge in [-0.05, 0) is 30.8 Å². The lowest BCUT2D eigenvalue weighted by Crippen LogP contribution is -2.17. The Labute approximate surface area is 114 Å². The molecule has 96 valence electrons. The van der Waals surface area contributed by atoms with E-state index in [-0.39, 0.29) is 22.3 Å². The fourth-order valence-corrected chi connectivity index (χ4v) is 2.44. The topological polar surface area (TPSA) is 79.2 Å². The number of para-hydroxylation sites is 1. The molecule has 0 saturated heterocycles. The molecule has 2 rings (SSSR count). The smallest absolute Gasteiger partial charge is 0.351 e. The SMILES string of the molecule is CCOC(=O)C(C#N)=C1Nc2ccccc2C(=O)S1. The Morgan fingerprint density at radius 1 is 1.47 bits per heavy atom. The molecule has 1 aliphatic rings. The van der Waals surface area contributed by atoms with Gasteiger partial charge in [0.25, 0.3) is 0 Å². The van der Waals surface area contributed by atoms with Gasteiger partial charge < -0.3 is 10.1 Å². The Bertz CT molecular complexity index is 617. The monoisotopic (exact) mass is 274 g/mol. The molecule has 1 aromatic rings. The van der Waals surface area contributed by atoms with Crippen LogP contribution >= 0.6 is 11.8 Å². The van der Waals surface area contributed by atoms with Crippen molar-refractivity contribution in [2.24, 2.45) is 0 Å². The molecule has 5 nitrogen and oxygen atoms in total. The highest BCUT2D eigenvalue weighted by Gasteiger charge is 2.26. The number of rotatable bonds is 2. The van der Waals surface area contributed by atoms with Crippen molar-refractivity contribution in [3.63, 3.8) is 0 Å². The number of hydrogen-bond donors (Lipinski definition) is 1. The van der Waals surface area contributed by atoms with Crippen LogP contribution in [0.3, 0.4) is 0 Å². The number of carbonyl (C=O) groups is 2. The summed E-state index contributed by atoms with van der Waals surface area (Å²) in [6, 6.07) is 8.70. The summed E-state index contributed by atoms with van der Waals surface area (Å²) in [5, 5.41) is 12.0. The molecule has 0 spiro atoms. The molecule has 0 bridgehead atoms. The number of fused-ring (bicyclic) bond motifs is 1. The molecule has 0 amide bonds. The third-order valence-electron chi connectivity index (χ3n) is 2.41. The molecule has 1 heterocycles. The molecule has 6 heteroatoms. The van der Waals surface area contributed by atoms with Crippen LogP contribution in [0.25, 0.3) is 0 Å². The van der Waals surface area contributed by atoms with Crippen LogP contribution in [0.2, 0.25) is 0 Å². The maximum atomic E-state index is 11.9. The Balaban J connectivity index is 2.41. The van der Waals surface area contributed by atoms with E-state index in [9.17, 15) is 9.59 Å². The minimum Gasteiger partial charge on any atom is -0.462 e. The van der Waals surface area contributed by atoms with E-state index in [0.29, 0.717) is 11.3 Å². The minimum absolute atomic E-state index is 0.173. The first-order chi connectivity index (χ1) is 9.17.